The summed E-state index contributed by atoms with van der Waals surface area (Å²) in [6.45, 7) is 0.471. The van der Waals surface area contributed by atoms with Crippen molar-refractivity contribution in [3.8, 4) is 5.75 Å². The van der Waals surface area contributed by atoms with E-state index in [4.69, 9.17) is 16.3 Å². The van der Waals surface area contributed by atoms with Gasteiger partial charge in [-0.05, 0) is 29.8 Å². The van der Waals surface area contributed by atoms with Gasteiger partial charge in [0.05, 0.1) is 22.8 Å². The van der Waals surface area contributed by atoms with Crippen molar-refractivity contribution in [2.75, 3.05) is 11.9 Å². The van der Waals surface area contributed by atoms with Crippen molar-refractivity contribution >= 4 is 17.3 Å². The fourth-order valence-electron chi connectivity index (χ4n) is 2.23. The van der Waals surface area contributed by atoms with Crippen LogP contribution in [0.2, 0.25) is 5.02 Å². The summed E-state index contributed by atoms with van der Waals surface area (Å²) in [6.07, 6.45) is -4.71. The molecule has 110 valence electrons. The van der Waals surface area contributed by atoms with Gasteiger partial charge in [0, 0.05) is 0 Å². The summed E-state index contributed by atoms with van der Waals surface area (Å²) >= 11 is 6.07. The van der Waals surface area contributed by atoms with Crippen molar-refractivity contribution in [2.45, 2.75) is 12.3 Å². The second-order valence-corrected chi connectivity index (χ2v) is 5.13. The summed E-state index contributed by atoms with van der Waals surface area (Å²) in [6, 6.07) is 10.3. The predicted octanol–water partition coefficient (Wildman–Crippen LogP) is 4.90. The van der Waals surface area contributed by atoms with Crippen molar-refractivity contribution in [3.63, 3.8) is 0 Å². The maximum Gasteiger partial charge on any atom is 0.416 e. The topological polar surface area (TPSA) is 21.3 Å². The molecule has 6 heteroatoms. The van der Waals surface area contributed by atoms with Gasteiger partial charge in [-0.25, -0.2) is 0 Å². The third-order valence-corrected chi connectivity index (χ3v) is 3.61. The smallest absolute Gasteiger partial charge is 0.416 e. The Balaban J connectivity index is 1.85. The molecule has 0 amide bonds. The molecule has 1 aliphatic rings. The molecular formula is C15H11ClF3NO. The van der Waals surface area contributed by atoms with Gasteiger partial charge in [0.1, 0.15) is 6.10 Å². The molecule has 0 aromatic heterocycles. The number of rotatable bonds is 1. The van der Waals surface area contributed by atoms with E-state index in [2.05, 4.69) is 5.32 Å². The summed E-state index contributed by atoms with van der Waals surface area (Å²) in [7, 11) is 0. The standard InChI is InChI=1S/C15H11ClF3NO/c16-11-2-1-3-12-14(11)21-13(8-20-12)9-4-6-10(7-5-9)15(17,18)19/h1-7,13,20H,8H2/t13-/m1/s1. The Labute approximate surface area is 124 Å². The first-order valence-corrected chi connectivity index (χ1v) is 6.69. The first kappa shape index (κ1) is 14.1. The van der Waals surface area contributed by atoms with E-state index in [0.717, 1.165) is 17.8 Å². The highest BCUT2D eigenvalue weighted by molar-refractivity contribution is 6.32. The molecular weight excluding hydrogens is 303 g/mol. The van der Waals surface area contributed by atoms with Gasteiger partial charge in [-0.1, -0.05) is 29.8 Å². The summed E-state index contributed by atoms with van der Waals surface area (Å²) in [5.41, 5.74) is 0.778. The zero-order chi connectivity index (χ0) is 15.0. The number of hydrogen-bond donors (Lipinski definition) is 1. The maximum atomic E-state index is 12.6. The normalized spacial score (nSPS) is 17.6. The molecule has 0 bridgehead atoms. The average Bonchev–Trinajstić information content (AvgIpc) is 2.47. The van der Waals surface area contributed by atoms with Crippen molar-refractivity contribution in [1.82, 2.24) is 0 Å². The van der Waals surface area contributed by atoms with Gasteiger partial charge >= 0.3 is 6.18 Å². The number of halogens is 4. The highest BCUT2D eigenvalue weighted by Gasteiger charge is 2.31. The van der Waals surface area contributed by atoms with E-state index in [0.29, 0.717) is 22.9 Å². The lowest BCUT2D eigenvalue weighted by Gasteiger charge is -2.28. The summed E-state index contributed by atoms with van der Waals surface area (Å²) in [5, 5.41) is 3.63. The molecule has 2 aromatic rings. The molecule has 1 atom stereocenters. The van der Waals surface area contributed by atoms with E-state index in [-0.39, 0.29) is 6.10 Å². The van der Waals surface area contributed by atoms with Gasteiger partial charge in [-0.3, -0.25) is 0 Å². The fourth-order valence-corrected chi connectivity index (χ4v) is 2.45. The average molecular weight is 314 g/mol. The monoisotopic (exact) mass is 313 g/mol. The molecule has 21 heavy (non-hydrogen) atoms. The van der Waals surface area contributed by atoms with Crippen LogP contribution >= 0.6 is 11.6 Å². The Bertz CT molecular complexity index is 655. The predicted molar refractivity (Wildman–Crippen MR) is 74.8 cm³/mol. The molecule has 1 heterocycles. The number of para-hydroxylation sites is 1. The van der Waals surface area contributed by atoms with Crippen LogP contribution in [0.25, 0.3) is 0 Å². The van der Waals surface area contributed by atoms with Crippen LogP contribution in [0.3, 0.4) is 0 Å². The van der Waals surface area contributed by atoms with Crippen LogP contribution in [0.1, 0.15) is 17.2 Å². The molecule has 0 unspecified atom stereocenters. The number of anilines is 1. The lowest BCUT2D eigenvalue weighted by atomic mass is 10.1. The Morgan fingerprint density at radius 1 is 1.10 bits per heavy atom. The number of ether oxygens (including phenoxy) is 1. The van der Waals surface area contributed by atoms with E-state index in [1.807, 2.05) is 6.07 Å². The summed E-state index contributed by atoms with van der Waals surface area (Å²) in [4.78, 5) is 0. The van der Waals surface area contributed by atoms with Crippen LogP contribution in [0, 0.1) is 0 Å². The lowest BCUT2D eigenvalue weighted by molar-refractivity contribution is -0.137. The molecule has 0 radical (unpaired) electrons. The van der Waals surface area contributed by atoms with Gasteiger partial charge in [-0.15, -0.1) is 0 Å². The van der Waals surface area contributed by atoms with Crippen LogP contribution in [-0.2, 0) is 6.18 Å². The highest BCUT2D eigenvalue weighted by Crippen LogP contribution is 2.40. The SMILES string of the molecule is FC(F)(F)c1ccc([C@H]2CNc3cccc(Cl)c3O2)cc1. The minimum Gasteiger partial charge on any atom is -0.480 e. The van der Waals surface area contributed by atoms with Crippen LogP contribution in [0.4, 0.5) is 18.9 Å². The molecule has 0 saturated carbocycles. The number of hydrogen-bond acceptors (Lipinski definition) is 2. The Morgan fingerprint density at radius 3 is 2.48 bits per heavy atom. The summed E-state index contributed by atoms with van der Waals surface area (Å²) < 4.78 is 43.5. The quantitative estimate of drug-likeness (QED) is 0.808. The minimum atomic E-state index is -4.33. The molecule has 1 aliphatic heterocycles. The van der Waals surface area contributed by atoms with E-state index < -0.39 is 11.7 Å². The Hall–Kier alpha value is -1.88. The first-order chi connectivity index (χ1) is 9.95. The Morgan fingerprint density at radius 2 is 1.81 bits per heavy atom. The van der Waals surface area contributed by atoms with Gasteiger partial charge in [0.15, 0.2) is 5.75 Å². The summed E-state index contributed by atoms with van der Waals surface area (Å²) in [5.74, 6) is 0.523. The molecule has 0 aliphatic carbocycles. The lowest BCUT2D eigenvalue weighted by Crippen LogP contribution is -2.23. The van der Waals surface area contributed by atoms with E-state index in [9.17, 15) is 13.2 Å². The van der Waals surface area contributed by atoms with Gasteiger partial charge in [-0.2, -0.15) is 13.2 Å². The van der Waals surface area contributed by atoms with Crippen LogP contribution in [0.15, 0.2) is 42.5 Å². The number of benzene rings is 2. The van der Waals surface area contributed by atoms with Crippen molar-refractivity contribution in [3.05, 3.63) is 58.6 Å². The third-order valence-electron chi connectivity index (χ3n) is 3.31. The molecule has 2 nitrogen and oxygen atoms in total. The number of alkyl halides is 3. The second-order valence-electron chi connectivity index (χ2n) is 4.72. The molecule has 1 N–H and O–H groups in total. The molecule has 3 rings (SSSR count). The number of fused-ring (bicyclic) bond motifs is 1. The van der Waals surface area contributed by atoms with Crippen LogP contribution in [0.5, 0.6) is 5.75 Å². The Kier molecular flexibility index (Phi) is 3.45. The van der Waals surface area contributed by atoms with E-state index >= 15 is 0 Å². The van der Waals surface area contributed by atoms with E-state index in [1.165, 1.54) is 12.1 Å². The van der Waals surface area contributed by atoms with Crippen molar-refractivity contribution in [1.29, 1.82) is 0 Å². The van der Waals surface area contributed by atoms with Gasteiger partial charge in [0.2, 0.25) is 0 Å². The van der Waals surface area contributed by atoms with E-state index in [1.54, 1.807) is 12.1 Å². The highest BCUT2D eigenvalue weighted by atomic mass is 35.5. The fraction of sp³-hybridized carbons (Fsp3) is 0.200. The van der Waals surface area contributed by atoms with Crippen molar-refractivity contribution < 1.29 is 17.9 Å². The second kappa shape index (κ2) is 5.15. The maximum absolute atomic E-state index is 12.6. The van der Waals surface area contributed by atoms with Crippen LogP contribution in [-0.4, -0.2) is 6.54 Å². The third kappa shape index (κ3) is 2.78. The first-order valence-electron chi connectivity index (χ1n) is 6.31. The largest absolute Gasteiger partial charge is 0.480 e. The van der Waals surface area contributed by atoms with Gasteiger partial charge < -0.3 is 10.1 Å². The zero-order valence-electron chi connectivity index (χ0n) is 10.7. The number of nitrogens with one attached hydrogen (secondary N) is 1. The van der Waals surface area contributed by atoms with Crippen molar-refractivity contribution in [2.24, 2.45) is 0 Å². The molecule has 0 fully saturated rings. The minimum absolute atomic E-state index is 0.375. The zero-order valence-corrected chi connectivity index (χ0v) is 11.5. The molecule has 0 spiro atoms. The van der Waals surface area contributed by atoms with Crippen LogP contribution < -0.4 is 10.1 Å². The molecule has 0 saturated heterocycles. The molecule has 2 aromatic carbocycles. The van der Waals surface area contributed by atoms with Gasteiger partial charge in [0.25, 0.3) is 0 Å².